The summed E-state index contributed by atoms with van der Waals surface area (Å²) in [6.45, 7) is 3.62. The molecular weight excluding hydrogens is 356 g/mol. The summed E-state index contributed by atoms with van der Waals surface area (Å²) in [4.78, 5) is 28.4. The lowest BCUT2D eigenvalue weighted by atomic mass is 10.3. The van der Waals surface area contributed by atoms with Crippen molar-refractivity contribution in [2.75, 3.05) is 39.9 Å². The molecule has 1 aliphatic rings. The first-order valence-corrected chi connectivity index (χ1v) is 9.27. The van der Waals surface area contributed by atoms with Gasteiger partial charge in [-0.25, -0.2) is 0 Å². The second kappa shape index (κ2) is 6.78. The molecule has 0 aliphatic carbocycles. The highest BCUT2D eigenvalue weighted by Crippen LogP contribution is 2.20. The van der Waals surface area contributed by atoms with Crippen LogP contribution in [0.5, 0.6) is 0 Å². The van der Waals surface area contributed by atoms with Gasteiger partial charge in [0.1, 0.15) is 11.3 Å². The Hall–Kier alpha value is -2.30. The fourth-order valence-corrected chi connectivity index (χ4v) is 4.18. The summed E-state index contributed by atoms with van der Waals surface area (Å²) in [6.07, 6.45) is 0. The molecule has 0 saturated carbocycles. The topological polar surface area (TPSA) is 85.0 Å². The van der Waals surface area contributed by atoms with E-state index in [4.69, 9.17) is 4.74 Å². The molecule has 0 N–H and O–H groups in total. The maximum atomic E-state index is 12.4. The van der Waals surface area contributed by atoms with Gasteiger partial charge in [0.25, 0.3) is 5.56 Å². The Morgan fingerprint density at radius 2 is 2.04 bits per heavy atom. The number of amides is 1. The second-order valence-electron chi connectivity index (χ2n) is 6.34. The molecule has 0 spiro atoms. The van der Waals surface area contributed by atoms with E-state index >= 15 is 0 Å². The summed E-state index contributed by atoms with van der Waals surface area (Å²) in [5.41, 5.74) is 0.800. The fourth-order valence-electron chi connectivity index (χ4n) is 3.33. The molecule has 10 heteroatoms. The SMILES string of the molecule is COCC(=O)N1CCN(Cc2nnc3n(C)c(=O)c4sccc4n23)CC1. The molecule has 4 heterocycles. The Bertz CT molecular complexity index is 1010. The van der Waals surface area contributed by atoms with E-state index in [1.807, 2.05) is 20.7 Å². The Kier molecular flexibility index (Phi) is 4.47. The van der Waals surface area contributed by atoms with E-state index in [1.165, 1.54) is 23.0 Å². The lowest BCUT2D eigenvalue weighted by Crippen LogP contribution is -2.49. The number of thiophene rings is 1. The molecular formula is C16H20N6O3S. The third kappa shape index (κ3) is 2.79. The standard InChI is InChI=1S/C16H20N6O3S/c1-19-15(24)14-11(3-8-26-14)22-12(17-18-16(19)22)9-20-4-6-21(7-5-20)13(23)10-25-2/h3,8H,4-7,9-10H2,1-2H3. The lowest BCUT2D eigenvalue weighted by molar-refractivity contribution is -0.136. The quantitative estimate of drug-likeness (QED) is 0.634. The average Bonchev–Trinajstić information content (AvgIpc) is 3.27. The van der Waals surface area contributed by atoms with Gasteiger partial charge in [0.15, 0.2) is 5.82 Å². The van der Waals surface area contributed by atoms with Gasteiger partial charge in [0.2, 0.25) is 11.7 Å². The van der Waals surface area contributed by atoms with E-state index in [2.05, 4.69) is 15.1 Å². The highest BCUT2D eigenvalue weighted by atomic mass is 32.1. The number of fused-ring (bicyclic) bond motifs is 3. The lowest BCUT2D eigenvalue weighted by Gasteiger charge is -2.34. The number of carbonyl (C=O) groups excluding carboxylic acids is 1. The van der Waals surface area contributed by atoms with Crippen LogP contribution in [0.2, 0.25) is 0 Å². The van der Waals surface area contributed by atoms with E-state index in [9.17, 15) is 9.59 Å². The van der Waals surface area contributed by atoms with Gasteiger partial charge in [-0.15, -0.1) is 21.5 Å². The molecule has 1 saturated heterocycles. The number of hydrogen-bond donors (Lipinski definition) is 0. The molecule has 0 bridgehead atoms. The summed E-state index contributed by atoms with van der Waals surface area (Å²) in [5.74, 6) is 1.37. The van der Waals surface area contributed by atoms with Crippen molar-refractivity contribution < 1.29 is 9.53 Å². The van der Waals surface area contributed by atoms with E-state index in [0.717, 1.165) is 24.4 Å². The highest BCUT2D eigenvalue weighted by Gasteiger charge is 2.23. The molecule has 0 radical (unpaired) electrons. The van der Waals surface area contributed by atoms with Gasteiger partial charge in [0.05, 0.1) is 12.1 Å². The molecule has 1 fully saturated rings. The van der Waals surface area contributed by atoms with E-state index in [1.54, 1.807) is 7.05 Å². The largest absolute Gasteiger partial charge is 0.375 e. The highest BCUT2D eigenvalue weighted by molar-refractivity contribution is 7.17. The number of hydrogen-bond acceptors (Lipinski definition) is 7. The van der Waals surface area contributed by atoms with Gasteiger partial charge in [-0.2, -0.15) is 0 Å². The predicted molar refractivity (Wildman–Crippen MR) is 97.3 cm³/mol. The first-order chi connectivity index (χ1) is 12.6. The number of nitrogens with zero attached hydrogens (tertiary/aromatic N) is 6. The molecule has 1 amide bonds. The summed E-state index contributed by atoms with van der Waals surface area (Å²) in [6, 6.07) is 1.93. The fraction of sp³-hybridized carbons (Fsp3) is 0.500. The summed E-state index contributed by atoms with van der Waals surface area (Å²) in [5, 5.41) is 10.4. The van der Waals surface area contributed by atoms with Crippen molar-refractivity contribution in [1.29, 1.82) is 0 Å². The van der Waals surface area contributed by atoms with Crippen molar-refractivity contribution >= 4 is 33.2 Å². The Labute approximate surface area is 153 Å². The van der Waals surface area contributed by atoms with Crippen LogP contribution in [-0.4, -0.2) is 74.8 Å². The van der Waals surface area contributed by atoms with Gasteiger partial charge < -0.3 is 9.64 Å². The van der Waals surface area contributed by atoms with Crippen LogP contribution in [-0.2, 0) is 23.1 Å². The number of rotatable bonds is 4. The third-order valence-electron chi connectivity index (χ3n) is 4.76. The van der Waals surface area contributed by atoms with Crippen molar-refractivity contribution in [2.45, 2.75) is 6.54 Å². The molecule has 4 rings (SSSR count). The van der Waals surface area contributed by atoms with Crippen LogP contribution in [0, 0.1) is 0 Å². The van der Waals surface area contributed by atoms with Crippen molar-refractivity contribution in [3.05, 3.63) is 27.6 Å². The summed E-state index contributed by atoms with van der Waals surface area (Å²) >= 11 is 1.43. The molecule has 0 atom stereocenters. The number of aromatic nitrogens is 4. The molecule has 3 aromatic rings. The Balaban J connectivity index is 1.58. The second-order valence-corrected chi connectivity index (χ2v) is 7.26. The first kappa shape index (κ1) is 17.1. The number of aryl methyl sites for hydroxylation is 1. The summed E-state index contributed by atoms with van der Waals surface area (Å²) < 4.78 is 9.12. The first-order valence-electron chi connectivity index (χ1n) is 8.39. The normalized spacial score (nSPS) is 16.0. The van der Waals surface area contributed by atoms with Crippen molar-refractivity contribution in [2.24, 2.45) is 7.05 Å². The van der Waals surface area contributed by atoms with Crippen LogP contribution in [0.1, 0.15) is 5.82 Å². The van der Waals surface area contributed by atoms with Gasteiger partial charge in [-0.3, -0.25) is 23.5 Å². The Morgan fingerprint density at radius 3 is 2.77 bits per heavy atom. The number of ether oxygens (including phenoxy) is 1. The van der Waals surface area contributed by atoms with Gasteiger partial charge in [-0.1, -0.05) is 0 Å². The summed E-state index contributed by atoms with van der Waals surface area (Å²) in [7, 11) is 3.25. The minimum absolute atomic E-state index is 0.0232. The van der Waals surface area contributed by atoms with Crippen LogP contribution in [0.4, 0.5) is 0 Å². The average molecular weight is 376 g/mol. The molecule has 26 heavy (non-hydrogen) atoms. The van der Waals surface area contributed by atoms with Crippen LogP contribution >= 0.6 is 11.3 Å². The molecule has 9 nitrogen and oxygen atoms in total. The van der Waals surface area contributed by atoms with Crippen LogP contribution in [0.15, 0.2) is 16.2 Å². The van der Waals surface area contributed by atoms with Gasteiger partial charge >= 0.3 is 0 Å². The van der Waals surface area contributed by atoms with Crippen LogP contribution in [0.25, 0.3) is 16.0 Å². The van der Waals surface area contributed by atoms with Crippen molar-refractivity contribution in [3.63, 3.8) is 0 Å². The van der Waals surface area contributed by atoms with Crippen molar-refractivity contribution in [3.8, 4) is 0 Å². The maximum absolute atomic E-state index is 12.4. The van der Waals surface area contributed by atoms with Crippen molar-refractivity contribution in [1.82, 2.24) is 29.0 Å². The van der Waals surface area contributed by atoms with Crippen LogP contribution in [0.3, 0.4) is 0 Å². The number of carbonyl (C=O) groups is 1. The smallest absolute Gasteiger partial charge is 0.272 e. The molecule has 138 valence electrons. The van der Waals surface area contributed by atoms with Gasteiger partial charge in [-0.05, 0) is 11.4 Å². The third-order valence-corrected chi connectivity index (χ3v) is 5.65. The van der Waals surface area contributed by atoms with Gasteiger partial charge in [0, 0.05) is 40.3 Å². The number of methoxy groups -OCH3 is 1. The van der Waals surface area contributed by atoms with Crippen LogP contribution < -0.4 is 5.56 Å². The molecule has 0 aromatic carbocycles. The molecule has 0 unspecified atom stereocenters. The minimum Gasteiger partial charge on any atom is -0.375 e. The monoisotopic (exact) mass is 376 g/mol. The van der Waals surface area contributed by atoms with E-state index < -0.39 is 0 Å². The number of piperazine rings is 1. The Morgan fingerprint density at radius 1 is 1.27 bits per heavy atom. The zero-order valence-electron chi connectivity index (χ0n) is 14.7. The predicted octanol–water partition coefficient (Wildman–Crippen LogP) is -0.0667. The minimum atomic E-state index is -0.0493. The molecule has 3 aromatic heterocycles. The zero-order valence-corrected chi connectivity index (χ0v) is 15.5. The zero-order chi connectivity index (χ0) is 18.3. The maximum Gasteiger partial charge on any atom is 0.272 e. The van der Waals surface area contributed by atoms with E-state index in [-0.39, 0.29) is 18.1 Å². The van der Waals surface area contributed by atoms with E-state index in [0.29, 0.717) is 30.1 Å². The molecule has 1 aliphatic heterocycles.